The van der Waals surface area contributed by atoms with Gasteiger partial charge in [-0.3, -0.25) is 9.69 Å². The molecule has 1 aliphatic carbocycles. The Balaban J connectivity index is 2.15. The molecule has 0 bridgehead atoms. The van der Waals surface area contributed by atoms with Crippen molar-refractivity contribution in [2.45, 2.75) is 31.8 Å². The lowest BCUT2D eigenvalue weighted by molar-refractivity contribution is -0.139. The highest BCUT2D eigenvalue weighted by Gasteiger charge is 2.33. The first-order chi connectivity index (χ1) is 8.61. The van der Waals surface area contributed by atoms with Gasteiger partial charge in [0.25, 0.3) is 0 Å². The van der Waals surface area contributed by atoms with Gasteiger partial charge in [-0.1, -0.05) is 12.1 Å². The molecular weight excluding hydrogens is 230 g/mol. The van der Waals surface area contributed by atoms with E-state index in [0.29, 0.717) is 6.04 Å². The van der Waals surface area contributed by atoms with Crippen LogP contribution in [0.1, 0.15) is 31.4 Å². The summed E-state index contributed by atoms with van der Waals surface area (Å²) in [6.07, 6.45) is 2.20. The number of ether oxygens (including phenoxy) is 1. The zero-order chi connectivity index (χ0) is 13.1. The molecule has 0 heterocycles. The molecule has 1 saturated carbocycles. The van der Waals surface area contributed by atoms with Crippen LogP contribution in [0.15, 0.2) is 24.3 Å². The Morgan fingerprint density at radius 1 is 1.56 bits per heavy atom. The molecule has 0 spiro atoms. The van der Waals surface area contributed by atoms with Crippen molar-refractivity contribution < 1.29 is 14.6 Å². The maximum Gasteiger partial charge on any atom is 0.317 e. The van der Waals surface area contributed by atoms with Crippen molar-refractivity contribution in [2.75, 3.05) is 13.7 Å². The summed E-state index contributed by atoms with van der Waals surface area (Å²) in [5.74, 6) is 0.0436. The standard InChI is InChI=1S/C14H19NO3/c1-10(11-4-3-5-13(8-11)18-2)15(9-14(16)17)12-6-7-12/h3-5,8,10,12H,6-7,9H2,1-2H3,(H,16,17). The van der Waals surface area contributed by atoms with E-state index in [9.17, 15) is 4.79 Å². The SMILES string of the molecule is COc1cccc(C(C)N(CC(=O)O)C2CC2)c1. The number of hydrogen-bond acceptors (Lipinski definition) is 3. The molecule has 1 aliphatic rings. The number of hydrogen-bond donors (Lipinski definition) is 1. The van der Waals surface area contributed by atoms with Gasteiger partial charge in [0, 0.05) is 12.1 Å². The lowest BCUT2D eigenvalue weighted by Crippen LogP contribution is -2.34. The van der Waals surface area contributed by atoms with Crippen LogP contribution < -0.4 is 4.74 Å². The van der Waals surface area contributed by atoms with Crippen molar-refractivity contribution in [3.63, 3.8) is 0 Å². The van der Waals surface area contributed by atoms with Gasteiger partial charge >= 0.3 is 5.97 Å². The minimum Gasteiger partial charge on any atom is -0.497 e. The van der Waals surface area contributed by atoms with Gasteiger partial charge in [0.1, 0.15) is 5.75 Å². The summed E-state index contributed by atoms with van der Waals surface area (Å²) in [5.41, 5.74) is 1.10. The van der Waals surface area contributed by atoms with E-state index >= 15 is 0 Å². The van der Waals surface area contributed by atoms with Crippen LogP contribution in [-0.2, 0) is 4.79 Å². The minimum atomic E-state index is -0.767. The maximum atomic E-state index is 10.9. The Bertz CT molecular complexity index is 429. The monoisotopic (exact) mass is 249 g/mol. The smallest absolute Gasteiger partial charge is 0.317 e. The van der Waals surface area contributed by atoms with Gasteiger partial charge in [0.2, 0.25) is 0 Å². The third-order valence-electron chi connectivity index (χ3n) is 3.41. The highest BCUT2D eigenvalue weighted by molar-refractivity contribution is 5.69. The van der Waals surface area contributed by atoms with E-state index in [1.54, 1.807) is 7.11 Å². The van der Waals surface area contributed by atoms with E-state index in [4.69, 9.17) is 9.84 Å². The van der Waals surface area contributed by atoms with E-state index in [1.165, 1.54) is 0 Å². The Hall–Kier alpha value is -1.55. The summed E-state index contributed by atoms with van der Waals surface area (Å²) >= 11 is 0. The van der Waals surface area contributed by atoms with Crippen molar-refractivity contribution in [2.24, 2.45) is 0 Å². The van der Waals surface area contributed by atoms with Crippen LogP contribution in [0.2, 0.25) is 0 Å². The number of benzene rings is 1. The Morgan fingerprint density at radius 3 is 2.83 bits per heavy atom. The Morgan fingerprint density at radius 2 is 2.28 bits per heavy atom. The van der Waals surface area contributed by atoms with Gasteiger partial charge < -0.3 is 9.84 Å². The zero-order valence-electron chi connectivity index (χ0n) is 10.8. The molecule has 0 amide bonds. The van der Waals surface area contributed by atoms with Crippen LogP contribution in [0.5, 0.6) is 5.75 Å². The van der Waals surface area contributed by atoms with Gasteiger partial charge in [-0.25, -0.2) is 0 Å². The van der Waals surface area contributed by atoms with E-state index in [2.05, 4.69) is 11.8 Å². The van der Waals surface area contributed by atoms with Gasteiger partial charge in [0.15, 0.2) is 0 Å². The summed E-state index contributed by atoms with van der Waals surface area (Å²) in [5, 5.41) is 8.99. The van der Waals surface area contributed by atoms with E-state index < -0.39 is 5.97 Å². The summed E-state index contributed by atoms with van der Waals surface area (Å²) in [7, 11) is 1.64. The first-order valence-electron chi connectivity index (χ1n) is 6.23. The average Bonchev–Trinajstić information content (AvgIpc) is 3.19. The largest absolute Gasteiger partial charge is 0.497 e. The molecule has 1 N–H and O–H groups in total. The van der Waals surface area contributed by atoms with Crippen LogP contribution in [0.3, 0.4) is 0 Å². The molecule has 0 saturated heterocycles. The molecule has 1 fully saturated rings. The fourth-order valence-electron chi connectivity index (χ4n) is 2.24. The number of nitrogens with zero attached hydrogens (tertiary/aromatic N) is 1. The number of aliphatic carboxylic acids is 1. The molecule has 0 aliphatic heterocycles. The second-order valence-corrected chi connectivity index (χ2v) is 4.75. The molecule has 1 atom stereocenters. The molecule has 2 rings (SSSR count). The van der Waals surface area contributed by atoms with Crippen molar-refractivity contribution in [3.05, 3.63) is 29.8 Å². The van der Waals surface area contributed by atoms with Crippen molar-refractivity contribution in [3.8, 4) is 5.75 Å². The third kappa shape index (κ3) is 3.01. The Labute approximate surface area is 107 Å². The second kappa shape index (κ2) is 5.40. The first kappa shape index (κ1) is 12.9. The summed E-state index contributed by atoms with van der Waals surface area (Å²) in [6.45, 7) is 2.15. The third-order valence-corrected chi connectivity index (χ3v) is 3.41. The normalized spacial score (nSPS) is 16.6. The molecule has 1 aromatic carbocycles. The number of methoxy groups -OCH3 is 1. The summed E-state index contributed by atoms with van der Waals surface area (Å²) in [4.78, 5) is 13.0. The number of carbonyl (C=O) groups is 1. The Kier molecular flexibility index (Phi) is 3.87. The van der Waals surface area contributed by atoms with Crippen molar-refractivity contribution >= 4 is 5.97 Å². The summed E-state index contributed by atoms with van der Waals surface area (Å²) in [6, 6.07) is 8.35. The van der Waals surface area contributed by atoms with Crippen molar-refractivity contribution in [1.82, 2.24) is 4.90 Å². The number of carboxylic acids is 1. The van der Waals surface area contributed by atoms with Crippen LogP contribution >= 0.6 is 0 Å². The number of rotatable bonds is 6. The molecule has 1 aromatic rings. The fraction of sp³-hybridized carbons (Fsp3) is 0.500. The maximum absolute atomic E-state index is 10.9. The molecule has 18 heavy (non-hydrogen) atoms. The highest BCUT2D eigenvalue weighted by atomic mass is 16.5. The molecule has 0 aromatic heterocycles. The van der Waals surface area contributed by atoms with Gasteiger partial charge in [-0.2, -0.15) is 0 Å². The van der Waals surface area contributed by atoms with E-state index in [1.807, 2.05) is 24.3 Å². The van der Waals surface area contributed by atoms with Crippen LogP contribution in [0.25, 0.3) is 0 Å². The number of carboxylic acid groups (broad SMARTS) is 1. The van der Waals surface area contributed by atoms with E-state index in [0.717, 1.165) is 24.2 Å². The lowest BCUT2D eigenvalue weighted by atomic mass is 10.1. The molecule has 1 unspecified atom stereocenters. The minimum absolute atomic E-state index is 0.100. The van der Waals surface area contributed by atoms with Crippen molar-refractivity contribution in [1.29, 1.82) is 0 Å². The van der Waals surface area contributed by atoms with Crippen LogP contribution in [-0.4, -0.2) is 35.7 Å². The molecule has 98 valence electrons. The summed E-state index contributed by atoms with van der Waals surface area (Å²) < 4.78 is 5.21. The van der Waals surface area contributed by atoms with Gasteiger partial charge in [0.05, 0.1) is 13.7 Å². The average molecular weight is 249 g/mol. The first-order valence-corrected chi connectivity index (χ1v) is 6.23. The molecule has 0 radical (unpaired) electrons. The topological polar surface area (TPSA) is 49.8 Å². The second-order valence-electron chi connectivity index (χ2n) is 4.75. The predicted octanol–water partition coefficient (Wildman–Crippen LogP) is 2.31. The molecular formula is C14H19NO3. The van der Waals surface area contributed by atoms with Gasteiger partial charge in [-0.15, -0.1) is 0 Å². The molecule has 4 nitrogen and oxygen atoms in total. The predicted molar refractivity (Wildman–Crippen MR) is 68.8 cm³/mol. The van der Waals surface area contributed by atoms with Crippen LogP contribution in [0.4, 0.5) is 0 Å². The van der Waals surface area contributed by atoms with Gasteiger partial charge in [-0.05, 0) is 37.5 Å². The zero-order valence-corrected chi connectivity index (χ0v) is 10.8. The van der Waals surface area contributed by atoms with Crippen LogP contribution in [0, 0.1) is 0 Å². The quantitative estimate of drug-likeness (QED) is 0.840. The molecule has 4 heteroatoms. The van der Waals surface area contributed by atoms with E-state index in [-0.39, 0.29) is 12.6 Å². The fourth-order valence-corrected chi connectivity index (χ4v) is 2.24. The lowest BCUT2D eigenvalue weighted by Gasteiger charge is -2.28. The highest BCUT2D eigenvalue weighted by Crippen LogP contribution is 2.34.